The standard InChI is InChI=1S/C26H49NO2SSi2/c1-20(16-17-28-31(10,11)25(4,5)6)14-15-24(29-32(12,13)26(7,8)9)21(2)18-23-19-30-22(3)27-23/h14,18-19,24H,15-17H2,1-13H3/b20-14-,21-18+/t24-/m0/s1. The molecule has 0 unspecified atom stereocenters. The van der Waals surface area contributed by atoms with Gasteiger partial charge in [0.15, 0.2) is 16.6 Å². The molecule has 0 saturated carbocycles. The van der Waals surface area contributed by atoms with E-state index in [1.165, 1.54) is 11.1 Å². The summed E-state index contributed by atoms with van der Waals surface area (Å²) < 4.78 is 13.3. The number of rotatable bonds is 10. The predicted octanol–water partition coefficient (Wildman–Crippen LogP) is 8.99. The minimum Gasteiger partial charge on any atom is -0.417 e. The molecule has 0 fully saturated rings. The number of aryl methyl sites for hydroxylation is 1. The zero-order valence-electron chi connectivity index (χ0n) is 23.1. The van der Waals surface area contributed by atoms with Gasteiger partial charge in [-0.2, -0.15) is 0 Å². The highest BCUT2D eigenvalue weighted by Crippen LogP contribution is 2.39. The minimum atomic E-state index is -1.89. The first-order valence-electron chi connectivity index (χ1n) is 11.9. The van der Waals surface area contributed by atoms with Crippen LogP contribution in [0.15, 0.2) is 22.6 Å². The van der Waals surface area contributed by atoms with Crippen LogP contribution in [0.5, 0.6) is 0 Å². The molecule has 1 aromatic rings. The Bertz CT molecular complexity index is 795. The topological polar surface area (TPSA) is 31.4 Å². The van der Waals surface area contributed by atoms with E-state index >= 15 is 0 Å². The smallest absolute Gasteiger partial charge is 0.192 e. The molecule has 0 aliphatic rings. The largest absolute Gasteiger partial charge is 0.417 e. The summed E-state index contributed by atoms with van der Waals surface area (Å²) in [6.45, 7) is 30.4. The van der Waals surface area contributed by atoms with Crippen molar-refractivity contribution in [3.63, 3.8) is 0 Å². The summed E-state index contributed by atoms with van der Waals surface area (Å²) in [6, 6.07) is 0. The highest BCUT2D eigenvalue weighted by molar-refractivity contribution is 7.09. The Morgan fingerprint density at radius 3 is 2.06 bits per heavy atom. The summed E-state index contributed by atoms with van der Waals surface area (Å²) in [6.07, 6.45) is 6.51. The van der Waals surface area contributed by atoms with Gasteiger partial charge >= 0.3 is 0 Å². The van der Waals surface area contributed by atoms with Crippen LogP contribution in [0.4, 0.5) is 0 Å². The number of thiazole rings is 1. The Morgan fingerprint density at radius 1 is 1.03 bits per heavy atom. The van der Waals surface area contributed by atoms with E-state index in [2.05, 4.69) is 111 Å². The third kappa shape index (κ3) is 9.01. The Labute approximate surface area is 205 Å². The van der Waals surface area contributed by atoms with Crippen molar-refractivity contribution in [2.75, 3.05) is 6.61 Å². The fraction of sp³-hybridized carbons (Fsp3) is 0.731. The van der Waals surface area contributed by atoms with Crippen molar-refractivity contribution < 1.29 is 8.85 Å². The zero-order chi connectivity index (χ0) is 25.0. The van der Waals surface area contributed by atoms with Gasteiger partial charge in [0.05, 0.1) is 16.8 Å². The molecule has 0 spiro atoms. The SMILES string of the molecule is C/C(=C/C[C@H](O[Si](C)(C)C(C)(C)C)/C(C)=C/c1csc(C)n1)CCO[Si](C)(C)C(C)(C)C. The molecule has 1 rings (SSSR count). The molecule has 0 radical (unpaired) electrons. The second kappa shape index (κ2) is 11.3. The van der Waals surface area contributed by atoms with Crippen molar-refractivity contribution in [3.05, 3.63) is 33.3 Å². The van der Waals surface area contributed by atoms with E-state index in [-0.39, 0.29) is 16.2 Å². The fourth-order valence-corrected chi connectivity index (χ4v) is 5.69. The maximum absolute atomic E-state index is 6.87. The van der Waals surface area contributed by atoms with Crippen molar-refractivity contribution >= 4 is 34.0 Å². The van der Waals surface area contributed by atoms with Crippen LogP contribution < -0.4 is 0 Å². The molecule has 6 heteroatoms. The van der Waals surface area contributed by atoms with Crippen molar-refractivity contribution in [2.45, 2.75) is 118 Å². The predicted molar refractivity (Wildman–Crippen MR) is 149 cm³/mol. The fourth-order valence-electron chi connectivity index (χ4n) is 2.73. The summed E-state index contributed by atoms with van der Waals surface area (Å²) in [5.74, 6) is 0. The van der Waals surface area contributed by atoms with Crippen LogP contribution in [0.3, 0.4) is 0 Å². The van der Waals surface area contributed by atoms with E-state index in [0.717, 1.165) is 30.2 Å². The lowest BCUT2D eigenvalue weighted by atomic mass is 10.1. The van der Waals surface area contributed by atoms with Crippen molar-refractivity contribution in [1.82, 2.24) is 4.98 Å². The molecule has 1 aromatic heterocycles. The second-order valence-corrected chi connectivity index (χ2v) is 22.8. The van der Waals surface area contributed by atoms with E-state index in [1.54, 1.807) is 11.3 Å². The normalized spacial score (nSPS) is 15.9. The van der Waals surface area contributed by atoms with Crippen LogP contribution in [0, 0.1) is 6.92 Å². The summed E-state index contributed by atoms with van der Waals surface area (Å²) in [5, 5.41) is 3.66. The third-order valence-corrected chi connectivity index (χ3v) is 17.0. The Kier molecular flexibility index (Phi) is 10.4. The van der Waals surface area contributed by atoms with Gasteiger partial charge < -0.3 is 8.85 Å². The van der Waals surface area contributed by atoms with Gasteiger partial charge in [-0.3, -0.25) is 0 Å². The molecule has 0 aliphatic carbocycles. The Balaban J connectivity index is 2.94. The van der Waals surface area contributed by atoms with Gasteiger partial charge in [-0.05, 0) is 81.5 Å². The highest BCUT2D eigenvalue weighted by Gasteiger charge is 2.39. The van der Waals surface area contributed by atoms with Gasteiger partial charge in [-0.1, -0.05) is 53.2 Å². The van der Waals surface area contributed by atoms with Crippen LogP contribution in [0.25, 0.3) is 6.08 Å². The zero-order valence-corrected chi connectivity index (χ0v) is 25.9. The maximum Gasteiger partial charge on any atom is 0.192 e. The lowest BCUT2D eigenvalue weighted by Gasteiger charge is -2.39. The van der Waals surface area contributed by atoms with Crippen LogP contribution in [0.1, 0.15) is 78.9 Å². The molecule has 184 valence electrons. The van der Waals surface area contributed by atoms with Crippen molar-refractivity contribution in [3.8, 4) is 0 Å². The summed E-state index contributed by atoms with van der Waals surface area (Å²) in [5.41, 5.74) is 3.67. The van der Waals surface area contributed by atoms with Gasteiger partial charge in [0.2, 0.25) is 0 Å². The molecule has 0 saturated heterocycles. The summed E-state index contributed by atoms with van der Waals surface area (Å²) in [4.78, 5) is 4.63. The number of hydrogen-bond acceptors (Lipinski definition) is 4. The van der Waals surface area contributed by atoms with Crippen LogP contribution in [0.2, 0.25) is 36.3 Å². The lowest BCUT2D eigenvalue weighted by molar-refractivity contribution is 0.217. The van der Waals surface area contributed by atoms with Gasteiger partial charge in [-0.25, -0.2) is 4.98 Å². The number of nitrogens with zero attached hydrogens (tertiary/aromatic N) is 1. The quantitative estimate of drug-likeness (QED) is 0.240. The Hall–Kier alpha value is -0.536. The van der Waals surface area contributed by atoms with E-state index < -0.39 is 16.6 Å². The average Bonchev–Trinajstić information content (AvgIpc) is 3.01. The molecule has 0 aliphatic heterocycles. The van der Waals surface area contributed by atoms with Crippen LogP contribution in [-0.2, 0) is 8.85 Å². The minimum absolute atomic E-state index is 0.0779. The van der Waals surface area contributed by atoms with Gasteiger partial charge in [0.1, 0.15) is 0 Å². The maximum atomic E-state index is 6.87. The van der Waals surface area contributed by atoms with Crippen LogP contribution >= 0.6 is 11.3 Å². The second-order valence-electron chi connectivity index (χ2n) is 12.2. The molecule has 1 heterocycles. The third-order valence-electron chi connectivity index (χ3n) is 7.21. The van der Waals surface area contributed by atoms with Gasteiger partial charge in [0.25, 0.3) is 0 Å². The van der Waals surface area contributed by atoms with E-state index in [9.17, 15) is 0 Å². The van der Waals surface area contributed by atoms with E-state index in [1.807, 2.05) is 0 Å². The van der Waals surface area contributed by atoms with Crippen molar-refractivity contribution in [2.24, 2.45) is 0 Å². The Morgan fingerprint density at radius 2 is 1.59 bits per heavy atom. The van der Waals surface area contributed by atoms with Gasteiger partial charge in [-0.15, -0.1) is 11.3 Å². The molecular weight excluding hydrogens is 447 g/mol. The molecule has 0 bridgehead atoms. The van der Waals surface area contributed by atoms with Gasteiger partial charge in [0, 0.05) is 12.0 Å². The molecular formula is C26H49NO2SSi2. The van der Waals surface area contributed by atoms with Crippen molar-refractivity contribution in [1.29, 1.82) is 0 Å². The monoisotopic (exact) mass is 495 g/mol. The lowest BCUT2D eigenvalue weighted by Crippen LogP contribution is -2.44. The highest BCUT2D eigenvalue weighted by atomic mass is 32.1. The first-order chi connectivity index (χ1) is 14.4. The average molecular weight is 496 g/mol. The molecule has 0 aromatic carbocycles. The number of hydrogen-bond donors (Lipinski definition) is 0. The molecule has 32 heavy (non-hydrogen) atoms. The van der Waals surface area contributed by atoms with E-state index in [4.69, 9.17) is 8.85 Å². The molecule has 3 nitrogen and oxygen atoms in total. The van der Waals surface area contributed by atoms with E-state index in [0.29, 0.717) is 0 Å². The summed E-state index contributed by atoms with van der Waals surface area (Å²) in [7, 11) is -3.58. The summed E-state index contributed by atoms with van der Waals surface area (Å²) >= 11 is 1.70. The molecule has 0 amide bonds. The molecule has 1 atom stereocenters. The van der Waals surface area contributed by atoms with Crippen LogP contribution in [-0.4, -0.2) is 34.3 Å². The molecule has 0 N–H and O–H groups in total. The first kappa shape index (κ1) is 29.5. The first-order valence-corrected chi connectivity index (χ1v) is 18.6. The number of aromatic nitrogens is 1.